The molecule has 2 N–H and O–H groups in total. The Morgan fingerprint density at radius 2 is 2.19 bits per heavy atom. The molecule has 1 aromatic heterocycles. The Hall–Kier alpha value is -2.25. The van der Waals surface area contributed by atoms with E-state index in [1.807, 2.05) is 31.2 Å². The second-order valence-corrected chi connectivity index (χ2v) is 8.33. The van der Waals surface area contributed by atoms with Gasteiger partial charge in [0.15, 0.2) is 0 Å². The number of fused-ring (bicyclic) bond motifs is 1. The number of nitrogens with zero attached hydrogens (tertiary/aromatic N) is 1. The number of anilines is 1. The molecule has 0 saturated carbocycles. The second kappa shape index (κ2) is 7.78. The van der Waals surface area contributed by atoms with Gasteiger partial charge in [0.25, 0.3) is 5.91 Å². The molecule has 2 aliphatic heterocycles. The van der Waals surface area contributed by atoms with Crippen LogP contribution in [0, 0.1) is 0 Å². The summed E-state index contributed by atoms with van der Waals surface area (Å²) in [5, 5.41) is 5.79. The van der Waals surface area contributed by atoms with E-state index in [0.29, 0.717) is 17.8 Å². The van der Waals surface area contributed by atoms with Gasteiger partial charge in [-0.25, -0.2) is 0 Å². The molecule has 2 aliphatic rings. The lowest BCUT2D eigenvalue weighted by Crippen LogP contribution is -2.36. The van der Waals surface area contributed by atoms with E-state index in [9.17, 15) is 9.59 Å². The summed E-state index contributed by atoms with van der Waals surface area (Å²) in [5.74, 6) is 0.698. The van der Waals surface area contributed by atoms with Crippen LogP contribution in [0.25, 0.3) is 0 Å². The van der Waals surface area contributed by atoms with Crippen LogP contribution < -0.4 is 10.6 Å². The number of amides is 2. The highest BCUT2D eigenvalue weighted by Gasteiger charge is 2.27. The predicted molar refractivity (Wildman–Crippen MR) is 105 cm³/mol. The number of likely N-dealkylation sites (tertiary alicyclic amines) is 1. The van der Waals surface area contributed by atoms with Gasteiger partial charge >= 0.3 is 0 Å². The molecule has 142 valence electrons. The van der Waals surface area contributed by atoms with Crippen LogP contribution >= 0.6 is 11.8 Å². The van der Waals surface area contributed by atoms with Crippen molar-refractivity contribution in [3.8, 4) is 0 Å². The number of benzene rings is 1. The summed E-state index contributed by atoms with van der Waals surface area (Å²) in [4.78, 5) is 27.9. The maximum absolute atomic E-state index is 12.7. The van der Waals surface area contributed by atoms with Gasteiger partial charge in [-0.1, -0.05) is 0 Å². The summed E-state index contributed by atoms with van der Waals surface area (Å²) in [5.41, 5.74) is 1.25. The SMILES string of the molecule is C[C@@H]1Sc2ccc(C(=O)NC[C@H](c3ccco3)N3CCCC3)cc2NC1=O. The van der Waals surface area contributed by atoms with Gasteiger partial charge in [0.05, 0.1) is 23.2 Å². The summed E-state index contributed by atoms with van der Waals surface area (Å²) in [7, 11) is 0. The van der Waals surface area contributed by atoms with E-state index >= 15 is 0 Å². The molecule has 0 bridgehead atoms. The van der Waals surface area contributed by atoms with Crippen LogP contribution in [0.2, 0.25) is 0 Å². The molecule has 2 atom stereocenters. The highest BCUT2D eigenvalue weighted by molar-refractivity contribution is 8.00. The average Bonchev–Trinajstić information content (AvgIpc) is 3.37. The molecule has 0 spiro atoms. The molecule has 0 radical (unpaired) electrons. The zero-order valence-electron chi connectivity index (χ0n) is 15.2. The van der Waals surface area contributed by atoms with Crippen molar-refractivity contribution in [1.29, 1.82) is 0 Å². The second-order valence-electron chi connectivity index (χ2n) is 6.94. The van der Waals surface area contributed by atoms with Gasteiger partial charge in [0, 0.05) is 17.0 Å². The van der Waals surface area contributed by atoms with E-state index in [4.69, 9.17) is 4.42 Å². The first-order valence-corrected chi connectivity index (χ1v) is 10.2. The van der Waals surface area contributed by atoms with E-state index in [2.05, 4.69) is 15.5 Å². The maximum Gasteiger partial charge on any atom is 0.251 e. The lowest BCUT2D eigenvalue weighted by Gasteiger charge is -2.26. The Morgan fingerprint density at radius 1 is 1.37 bits per heavy atom. The van der Waals surface area contributed by atoms with Gasteiger partial charge in [0.1, 0.15) is 5.76 Å². The average molecular weight is 385 g/mol. The molecule has 4 rings (SSSR count). The monoisotopic (exact) mass is 385 g/mol. The fraction of sp³-hybridized carbons (Fsp3) is 0.400. The molecular weight excluding hydrogens is 362 g/mol. The van der Waals surface area contributed by atoms with Crippen molar-refractivity contribution in [1.82, 2.24) is 10.2 Å². The lowest BCUT2D eigenvalue weighted by atomic mass is 10.1. The number of nitrogens with one attached hydrogen (secondary N) is 2. The van der Waals surface area contributed by atoms with E-state index in [-0.39, 0.29) is 23.1 Å². The number of carbonyl (C=O) groups is 2. The number of hydrogen-bond donors (Lipinski definition) is 2. The van der Waals surface area contributed by atoms with Crippen molar-refractivity contribution in [3.63, 3.8) is 0 Å². The molecule has 3 heterocycles. The molecule has 2 aromatic rings. The third-order valence-corrected chi connectivity index (χ3v) is 6.26. The largest absolute Gasteiger partial charge is 0.468 e. The minimum Gasteiger partial charge on any atom is -0.468 e. The fourth-order valence-corrected chi connectivity index (χ4v) is 4.52. The van der Waals surface area contributed by atoms with Crippen molar-refractivity contribution < 1.29 is 14.0 Å². The standard InChI is InChI=1S/C20H23N3O3S/c1-13-19(24)22-15-11-14(6-7-18(15)27-13)20(25)21-12-16(17-5-4-10-26-17)23-8-2-3-9-23/h4-7,10-11,13,16H,2-3,8-9,12H2,1H3,(H,21,25)(H,22,24)/t13-,16+/m0/s1. The first-order chi connectivity index (χ1) is 13.1. The molecule has 1 aromatic carbocycles. The van der Waals surface area contributed by atoms with Crippen molar-refractivity contribution in [2.75, 3.05) is 25.0 Å². The van der Waals surface area contributed by atoms with Gasteiger partial charge in [-0.3, -0.25) is 14.5 Å². The number of furan rings is 1. The summed E-state index contributed by atoms with van der Waals surface area (Å²) < 4.78 is 5.60. The fourth-order valence-electron chi connectivity index (χ4n) is 3.59. The lowest BCUT2D eigenvalue weighted by molar-refractivity contribution is -0.115. The third-order valence-electron chi connectivity index (χ3n) is 5.08. The van der Waals surface area contributed by atoms with Crippen LogP contribution in [0.3, 0.4) is 0 Å². The van der Waals surface area contributed by atoms with Crippen LogP contribution in [-0.2, 0) is 4.79 Å². The Morgan fingerprint density at radius 3 is 2.93 bits per heavy atom. The van der Waals surface area contributed by atoms with Crippen LogP contribution in [0.15, 0.2) is 45.9 Å². The molecule has 6 nitrogen and oxygen atoms in total. The number of hydrogen-bond acceptors (Lipinski definition) is 5. The van der Waals surface area contributed by atoms with Crippen LogP contribution in [-0.4, -0.2) is 41.6 Å². The maximum atomic E-state index is 12.7. The summed E-state index contributed by atoms with van der Waals surface area (Å²) in [6, 6.07) is 9.34. The number of carbonyl (C=O) groups excluding carboxylic acids is 2. The van der Waals surface area contributed by atoms with Gasteiger partial charge in [-0.15, -0.1) is 11.8 Å². The predicted octanol–water partition coefficient (Wildman–Crippen LogP) is 3.28. The Kier molecular flexibility index (Phi) is 5.22. The Balaban J connectivity index is 1.45. The highest BCUT2D eigenvalue weighted by Crippen LogP contribution is 2.36. The molecule has 0 aliphatic carbocycles. The normalized spacial score (nSPS) is 20.8. The summed E-state index contributed by atoms with van der Waals surface area (Å²) >= 11 is 1.51. The first-order valence-electron chi connectivity index (χ1n) is 9.29. The van der Waals surface area contributed by atoms with Crippen molar-refractivity contribution in [2.45, 2.75) is 36.0 Å². The van der Waals surface area contributed by atoms with Crippen molar-refractivity contribution in [2.24, 2.45) is 0 Å². The molecule has 27 heavy (non-hydrogen) atoms. The van der Waals surface area contributed by atoms with Crippen LogP contribution in [0.1, 0.15) is 41.9 Å². The summed E-state index contributed by atoms with van der Waals surface area (Å²) in [6.45, 7) is 4.39. The van der Waals surface area contributed by atoms with Gasteiger partial charge in [-0.2, -0.15) is 0 Å². The van der Waals surface area contributed by atoms with E-state index in [1.54, 1.807) is 12.3 Å². The van der Waals surface area contributed by atoms with Gasteiger partial charge in [0.2, 0.25) is 5.91 Å². The molecule has 0 unspecified atom stereocenters. The van der Waals surface area contributed by atoms with Gasteiger partial charge in [-0.05, 0) is 63.2 Å². The number of thioether (sulfide) groups is 1. The molecule has 1 fully saturated rings. The van der Waals surface area contributed by atoms with Crippen LogP contribution in [0.5, 0.6) is 0 Å². The molecule has 2 amide bonds. The van der Waals surface area contributed by atoms with E-state index in [0.717, 1.165) is 23.7 Å². The molecule has 1 saturated heterocycles. The Bertz CT molecular complexity index is 831. The van der Waals surface area contributed by atoms with Crippen LogP contribution in [0.4, 0.5) is 5.69 Å². The first kappa shape index (κ1) is 18.1. The van der Waals surface area contributed by atoms with Crippen molar-refractivity contribution in [3.05, 3.63) is 47.9 Å². The highest BCUT2D eigenvalue weighted by atomic mass is 32.2. The zero-order valence-corrected chi connectivity index (χ0v) is 16.1. The van der Waals surface area contributed by atoms with Gasteiger partial charge < -0.3 is 15.1 Å². The molecular formula is C20H23N3O3S. The summed E-state index contributed by atoms with van der Waals surface area (Å²) in [6.07, 6.45) is 4.02. The quantitative estimate of drug-likeness (QED) is 0.826. The Labute approximate surface area is 162 Å². The minimum absolute atomic E-state index is 0.0306. The topological polar surface area (TPSA) is 74.6 Å². The van der Waals surface area contributed by atoms with E-state index < -0.39 is 0 Å². The van der Waals surface area contributed by atoms with E-state index in [1.165, 1.54) is 24.6 Å². The smallest absolute Gasteiger partial charge is 0.251 e. The third kappa shape index (κ3) is 3.89. The van der Waals surface area contributed by atoms with Crippen molar-refractivity contribution >= 4 is 29.3 Å². The zero-order chi connectivity index (χ0) is 18.8. The number of rotatable bonds is 5. The minimum atomic E-state index is -0.147. The molecule has 7 heteroatoms.